The van der Waals surface area contributed by atoms with Crippen LogP contribution in [0.1, 0.15) is 18.5 Å². The van der Waals surface area contributed by atoms with Crippen LogP contribution in [-0.2, 0) is 6.54 Å². The standard InChI is InChI=1S/C10H16N2OS/c13-4-2-9-1-3-12(5-9)6-10-7-14-8-11-10/h7-9,13H,1-6H2. The van der Waals surface area contributed by atoms with Crippen LogP contribution in [0.15, 0.2) is 10.9 Å². The number of rotatable bonds is 4. The van der Waals surface area contributed by atoms with Gasteiger partial charge in [0.2, 0.25) is 0 Å². The molecule has 2 rings (SSSR count). The summed E-state index contributed by atoms with van der Waals surface area (Å²) in [6.07, 6.45) is 2.18. The van der Waals surface area contributed by atoms with Crippen molar-refractivity contribution in [1.29, 1.82) is 0 Å². The molecule has 1 aliphatic rings. The summed E-state index contributed by atoms with van der Waals surface area (Å²) < 4.78 is 0. The zero-order chi connectivity index (χ0) is 9.80. The molecule has 1 saturated heterocycles. The van der Waals surface area contributed by atoms with Gasteiger partial charge < -0.3 is 5.11 Å². The second-order valence-corrected chi connectivity index (χ2v) is 4.60. The molecule has 2 heterocycles. The minimum absolute atomic E-state index is 0.329. The predicted octanol–water partition coefficient (Wildman–Crippen LogP) is 1.35. The molecule has 0 bridgehead atoms. The van der Waals surface area contributed by atoms with Crippen molar-refractivity contribution in [2.45, 2.75) is 19.4 Å². The van der Waals surface area contributed by atoms with Crippen LogP contribution >= 0.6 is 11.3 Å². The molecular weight excluding hydrogens is 196 g/mol. The molecule has 14 heavy (non-hydrogen) atoms. The molecule has 1 aliphatic heterocycles. The summed E-state index contributed by atoms with van der Waals surface area (Å²) in [6.45, 7) is 3.58. The summed E-state index contributed by atoms with van der Waals surface area (Å²) in [6, 6.07) is 0. The van der Waals surface area contributed by atoms with Gasteiger partial charge in [0, 0.05) is 25.1 Å². The average Bonchev–Trinajstić information content (AvgIpc) is 2.79. The Morgan fingerprint density at radius 3 is 3.29 bits per heavy atom. The third-order valence-electron chi connectivity index (χ3n) is 2.78. The smallest absolute Gasteiger partial charge is 0.0795 e. The Morgan fingerprint density at radius 1 is 1.64 bits per heavy atom. The average molecular weight is 212 g/mol. The fourth-order valence-corrected chi connectivity index (χ4v) is 2.57. The van der Waals surface area contributed by atoms with Crippen molar-refractivity contribution in [3.8, 4) is 0 Å². The van der Waals surface area contributed by atoms with Crippen molar-refractivity contribution in [3.05, 3.63) is 16.6 Å². The van der Waals surface area contributed by atoms with Crippen LogP contribution in [-0.4, -0.2) is 34.7 Å². The van der Waals surface area contributed by atoms with E-state index >= 15 is 0 Å². The number of thiazole rings is 1. The van der Waals surface area contributed by atoms with Crippen molar-refractivity contribution in [1.82, 2.24) is 9.88 Å². The van der Waals surface area contributed by atoms with E-state index in [2.05, 4.69) is 15.3 Å². The summed E-state index contributed by atoms with van der Waals surface area (Å²) in [7, 11) is 0. The van der Waals surface area contributed by atoms with Crippen LogP contribution in [0.3, 0.4) is 0 Å². The minimum atomic E-state index is 0.329. The number of hydrogen-bond donors (Lipinski definition) is 1. The Bertz CT molecular complexity index is 263. The lowest BCUT2D eigenvalue weighted by atomic mass is 10.1. The molecule has 3 nitrogen and oxygen atoms in total. The molecule has 0 radical (unpaired) electrons. The van der Waals surface area contributed by atoms with Crippen molar-refractivity contribution in [2.75, 3.05) is 19.7 Å². The van der Waals surface area contributed by atoms with E-state index in [0.717, 1.165) is 26.1 Å². The second-order valence-electron chi connectivity index (χ2n) is 3.88. The molecule has 0 spiro atoms. The lowest BCUT2D eigenvalue weighted by Gasteiger charge is -2.13. The van der Waals surface area contributed by atoms with Gasteiger partial charge in [-0.25, -0.2) is 4.98 Å². The quantitative estimate of drug-likeness (QED) is 0.818. The highest BCUT2D eigenvalue weighted by Crippen LogP contribution is 2.20. The largest absolute Gasteiger partial charge is 0.396 e. The van der Waals surface area contributed by atoms with Crippen LogP contribution < -0.4 is 0 Å². The van der Waals surface area contributed by atoms with Crippen LogP contribution in [0.4, 0.5) is 0 Å². The highest BCUT2D eigenvalue weighted by atomic mass is 32.1. The van der Waals surface area contributed by atoms with Crippen LogP contribution in [0.5, 0.6) is 0 Å². The van der Waals surface area contributed by atoms with Crippen molar-refractivity contribution >= 4 is 11.3 Å². The van der Waals surface area contributed by atoms with Gasteiger partial charge >= 0.3 is 0 Å². The third-order valence-corrected chi connectivity index (χ3v) is 3.41. The fourth-order valence-electron chi connectivity index (χ4n) is 2.02. The molecule has 0 aromatic carbocycles. The van der Waals surface area contributed by atoms with E-state index < -0.39 is 0 Å². The van der Waals surface area contributed by atoms with E-state index in [4.69, 9.17) is 5.11 Å². The third kappa shape index (κ3) is 2.53. The highest BCUT2D eigenvalue weighted by Gasteiger charge is 2.21. The Balaban J connectivity index is 1.79. The van der Waals surface area contributed by atoms with Gasteiger partial charge in [-0.2, -0.15) is 0 Å². The van der Waals surface area contributed by atoms with E-state index in [1.807, 2.05) is 5.51 Å². The molecular formula is C10H16N2OS. The van der Waals surface area contributed by atoms with E-state index in [1.54, 1.807) is 11.3 Å². The summed E-state index contributed by atoms with van der Waals surface area (Å²) >= 11 is 1.66. The Morgan fingerprint density at radius 2 is 2.57 bits per heavy atom. The van der Waals surface area contributed by atoms with Gasteiger partial charge in [0.25, 0.3) is 0 Å². The lowest BCUT2D eigenvalue weighted by Crippen LogP contribution is -2.20. The topological polar surface area (TPSA) is 36.4 Å². The molecule has 0 aliphatic carbocycles. The summed E-state index contributed by atoms with van der Waals surface area (Å²) in [4.78, 5) is 6.70. The monoisotopic (exact) mass is 212 g/mol. The van der Waals surface area contributed by atoms with Crippen LogP contribution in [0, 0.1) is 5.92 Å². The van der Waals surface area contributed by atoms with Gasteiger partial charge in [-0.05, 0) is 25.3 Å². The van der Waals surface area contributed by atoms with Crippen molar-refractivity contribution in [3.63, 3.8) is 0 Å². The van der Waals surface area contributed by atoms with Gasteiger partial charge in [0.05, 0.1) is 11.2 Å². The maximum Gasteiger partial charge on any atom is 0.0795 e. The van der Waals surface area contributed by atoms with E-state index in [-0.39, 0.29) is 0 Å². The molecule has 1 unspecified atom stereocenters. The first-order valence-corrected chi connectivity index (χ1v) is 6.03. The molecule has 1 atom stereocenters. The molecule has 1 fully saturated rings. The summed E-state index contributed by atoms with van der Waals surface area (Å²) in [5, 5.41) is 11.0. The van der Waals surface area contributed by atoms with Gasteiger partial charge in [-0.15, -0.1) is 11.3 Å². The number of nitrogens with zero attached hydrogens (tertiary/aromatic N) is 2. The number of aliphatic hydroxyl groups is 1. The number of hydrogen-bond acceptors (Lipinski definition) is 4. The first kappa shape index (κ1) is 10.1. The Kier molecular flexibility index (Phi) is 3.50. The van der Waals surface area contributed by atoms with Crippen molar-refractivity contribution < 1.29 is 5.11 Å². The maximum absolute atomic E-state index is 8.84. The molecule has 1 N–H and O–H groups in total. The normalized spacial score (nSPS) is 23.1. The van der Waals surface area contributed by atoms with Crippen LogP contribution in [0.2, 0.25) is 0 Å². The predicted molar refractivity (Wildman–Crippen MR) is 57.2 cm³/mol. The number of likely N-dealkylation sites (tertiary alicyclic amines) is 1. The summed E-state index contributed by atoms with van der Waals surface area (Å²) in [5.74, 6) is 0.693. The Hall–Kier alpha value is -0.450. The molecule has 78 valence electrons. The molecule has 1 aromatic rings. The first-order chi connectivity index (χ1) is 6.88. The van der Waals surface area contributed by atoms with E-state index in [0.29, 0.717) is 12.5 Å². The SMILES string of the molecule is OCCC1CCN(Cc2cscn2)C1. The first-order valence-electron chi connectivity index (χ1n) is 5.09. The fraction of sp³-hybridized carbons (Fsp3) is 0.700. The number of aromatic nitrogens is 1. The summed E-state index contributed by atoms with van der Waals surface area (Å²) in [5.41, 5.74) is 3.07. The van der Waals surface area contributed by atoms with E-state index in [1.165, 1.54) is 12.1 Å². The van der Waals surface area contributed by atoms with Gasteiger partial charge in [-0.3, -0.25) is 4.90 Å². The van der Waals surface area contributed by atoms with E-state index in [9.17, 15) is 0 Å². The molecule has 0 amide bonds. The zero-order valence-electron chi connectivity index (χ0n) is 8.22. The van der Waals surface area contributed by atoms with Gasteiger partial charge in [0.1, 0.15) is 0 Å². The Labute approximate surface area is 88.4 Å². The molecule has 0 saturated carbocycles. The second kappa shape index (κ2) is 4.87. The molecule has 1 aromatic heterocycles. The zero-order valence-corrected chi connectivity index (χ0v) is 9.04. The highest BCUT2D eigenvalue weighted by molar-refractivity contribution is 7.07. The lowest BCUT2D eigenvalue weighted by molar-refractivity contribution is 0.249. The number of aliphatic hydroxyl groups excluding tert-OH is 1. The van der Waals surface area contributed by atoms with Crippen molar-refractivity contribution in [2.24, 2.45) is 5.92 Å². The van der Waals surface area contributed by atoms with Gasteiger partial charge in [-0.1, -0.05) is 0 Å². The molecule has 4 heteroatoms. The minimum Gasteiger partial charge on any atom is -0.396 e. The van der Waals surface area contributed by atoms with Gasteiger partial charge in [0.15, 0.2) is 0 Å². The maximum atomic E-state index is 8.84. The van der Waals surface area contributed by atoms with Crippen LogP contribution in [0.25, 0.3) is 0 Å².